The second kappa shape index (κ2) is 12.0. The first-order chi connectivity index (χ1) is 17.5. The van der Waals surface area contributed by atoms with E-state index in [-0.39, 0.29) is 11.9 Å². The van der Waals surface area contributed by atoms with Gasteiger partial charge in [-0.3, -0.25) is 9.69 Å². The third kappa shape index (κ3) is 6.02. The lowest BCUT2D eigenvalue weighted by Gasteiger charge is -2.40. The van der Waals surface area contributed by atoms with E-state index in [9.17, 15) is 4.79 Å². The molecule has 7 nitrogen and oxygen atoms in total. The predicted octanol–water partition coefficient (Wildman–Crippen LogP) is 4.90. The van der Waals surface area contributed by atoms with Crippen molar-refractivity contribution < 1.29 is 23.4 Å². The molecule has 192 valence electrons. The van der Waals surface area contributed by atoms with Gasteiger partial charge in [0.25, 0.3) is 5.91 Å². The first kappa shape index (κ1) is 25.6. The molecule has 0 saturated carbocycles. The van der Waals surface area contributed by atoms with Gasteiger partial charge >= 0.3 is 0 Å². The van der Waals surface area contributed by atoms with Gasteiger partial charge in [-0.15, -0.1) is 0 Å². The van der Waals surface area contributed by atoms with Gasteiger partial charge in [0.15, 0.2) is 5.76 Å². The maximum absolute atomic E-state index is 13.2. The molecule has 7 heteroatoms. The number of methoxy groups -OCH3 is 3. The van der Waals surface area contributed by atoms with Crippen LogP contribution in [0.5, 0.6) is 17.2 Å². The molecule has 1 fully saturated rings. The van der Waals surface area contributed by atoms with Crippen LogP contribution in [0.2, 0.25) is 0 Å². The van der Waals surface area contributed by atoms with Crippen molar-refractivity contribution in [2.75, 3.05) is 41.5 Å². The summed E-state index contributed by atoms with van der Waals surface area (Å²) in [5.74, 6) is 3.18. The Hall–Kier alpha value is -3.45. The number of carbonyl (C=O) groups is 1. The van der Waals surface area contributed by atoms with E-state index in [1.165, 1.54) is 0 Å². The molecule has 1 saturated heterocycles. The number of furan rings is 1. The summed E-state index contributed by atoms with van der Waals surface area (Å²) in [5.41, 5.74) is 2.27. The number of benzene rings is 2. The Morgan fingerprint density at radius 3 is 2.42 bits per heavy atom. The monoisotopic (exact) mass is 492 g/mol. The van der Waals surface area contributed by atoms with Gasteiger partial charge in [-0.25, -0.2) is 0 Å². The van der Waals surface area contributed by atoms with Crippen LogP contribution in [0.4, 0.5) is 0 Å². The van der Waals surface area contributed by atoms with E-state index in [2.05, 4.69) is 17.0 Å². The van der Waals surface area contributed by atoms with Gasteiger partial charge in [-0.2, -0.15) is 0 Å². The molecule has 1 aliphatic heterocycles. The van der Waals surface area contributed by atoms with Crippen molar-refractivity contribution in [3.63, 3.8) is 0 Å². The maximum Gasteiger partial charge on any atom is 0.289 e. The molecule has 1 atom stereocenters. The van der Waals surface area contributed by atoms with Crippen molar-refractivity contribution in [1.82, 2.24) is 9.80 Å². The fraction of sp³-hybridized carbons (Fsp3) is 0.414. The van der Waals surface area contributed by atoms with Gasteiger partial charge in [0.1, 0.15) is 17.2 Å². The molecule has 0 unspecified atom stereocenters. The van der Waals surface area contributed by atoms with E-state index in [1.54, 1.807) is 39.7 Å². The molecule has 1 aliphatic rings. The molecule has 1 aromatic heterocycles. The molecule has 0 N–H and O–H groups in total. The van der Waals surface area contributed by atoms with Gasteiger partial charge in [0.05, 0.1) is 27.6 Å². The minimum absolute atomic E-state index is 0.0446. The summed E-state index contributed by atoms with van der Waals surface area (Å²) < 4.78 is 21.9. The van der Waals surface area contributed by atoms with Crippen LogP contribution in [0, 0.1) is 5.92 Å². The first-order valence-corrected chi connectivity index (χ1v) is 12.4. The number of ether oxygens (including phenoxy) is 3. The number of hydrogen-bond donors (Lipinski definition) is 0. The third-order valence-corrected chi connectivity index (χ3v) is 7.19. The van der Waals surface area contributed by atoms with Crippen molar-refractivity contribution >= 4 is 5.91 Å². The van der Waals surface area contributed by atoms with E-state index in [1.807, 2.05) is 42.3 Å². The Balaban J connectivity index is 1.48. The number of piperidine rings is 1. The number of likely N-dealkylation sites (N-methyl/N-ethyl adjacent to an activating group) is 1. The fourth-order valence-corrected chi connectivity index (χ4v) is 5.13. The Morgan fingerprint density at radius 1 is 1.00 bits per heavy atom. The fourth-order valence-electron chi connectivity index (χ4n) is 5.13. The maximum atomic E-state index is 13.2. The van der Waals surface area contributed by atoms with Crippen molar-refractivity contribution in [2.45, 2.75) is 31.8 Å². The molecule has 0 aliphatic carbocycles. The number of hydrogen-bond acceptors (Lipinski definition) is 6. The van der Waals surface area contributed by atoms with Gasteiger partial charge in [0, 0.05) is 25.2 Å². The zero-order valence-electron chi connectivity index (χ0n) is 21.6. The highest BCUT2D eigenvalue weighted by Gasteiger charge is 2.33. The summed E-state index contributed by atoms with van der Waals surface area (Å²) in [6.07, 6.45) is 4.30. The smallest absolute Gasteiger partial charge is 0.289 e. The molecule has 0 spiro atoms. The van der Waals surface area contributed by atoms with Crippen LogP contribution in [-0.2, 0) is 13.0 Å². The van der Waals surface area contributed by atoms with Gasteiger partial charge in [0.2, 0.25) is 0 Å². The molecular weight excluding hydrogens is 456 g/mol. The third-order valence-electron chi connectivity index (χ3n) is 7.19. The highest BCUT2D eigenvalue weighted by molar-refractivity contribution is 5.91. The second-order valence-corrected chi connectivity index (χ2v) is 9.31. The molecule has 4 rings (SSSR count). The molecule has 2 heterocycles. The Morgan fingerprint density at radius 2 is 1.75 bits per heavy atom. The van der Waals surface area contributed by atoms with Crippen molar-refractivity contribution in [1.29, 1.82) is 0 Å². The summed E-state index contributed by atoms with van der Waals surface area (Å²) in [6, 6.07) is 17.6. The zero-order valence-corrected chi connectivity index (χ0v) is 21.6. The lowest BCUT2D eigenvalue weighted by Crippen LogP contribution is -2.47. The largest absolute Gasteiger partial charge is 0.497 e. The van der Waals surface area contributed by atoms with E-state index in [0.717, 1.165) is 67.3 Å². The number of nitrogens with zero attached hydrogens (tertiary/aromatic N) is 2. The zero-order chi connectivity index (χ0) is 25.5. The summed E-state index contributed by atoms with van der Waals surface area (Å²) in [4.78, 5) is 17.5. The van der Waals surface area contributed by atoms with Gasteiger partial charge < -0.3 is 23.5 Å². The highest BCUT2D eigenvalue weighted by Crippen LogP contribution is 2.31. The van der Waals surface area contributed by atoms with Crippen LogP contribution < -0.4 is 14.2 Å². The summed E-state index contributed by atoms with van der Waals surface area (Å²) in [5, 5.41) is 0. The van der Waals surface area contributed by atoms with Crippen molar-refractivity contribution in [3.8, 4) is 17.2 Å². The van der Waals surface area contributed by atoms with E-state index in [4.69, 9.17) is 18.6 Å². The van der Waals surface area contributed by atoms with Gasteiger partial charge in [-0.05, 0) is 86.3 Å². The number of carbonyl (C=O) groups excluding carboxylic acids is 1. The number of rotatable bonds is 10. The van der Waals surface area contributed by atoms with Crippen molar-refractivity contribution in [3.05, 3.63) is 77.7 Å². The van der Waals surface area contributed by atoms with E-state index >= 15 is 0 Å². The standard InChI is InChI=1S/C29H36N2O5/c1-30(29(32)28-9-6-16-36-28)26(18-21-7-5-8-24(17-21)33-2)22-12-14-31(15-13-22)20-23-19-25(34-3)10-11-27(23)35-4/h5-11,16-17,19,22,26H,12-15,18,20H2,1-4H3/t26-/m0/s1. The van der Waals surface area contributed by atoms with Crippen LogP contribution in [0.25, 0.3) is 0 Å². The molecule has 1 amide bonds. The summed E-state index contributed by atoms with van der Waals surface area (Å²) >= 11 is 0. The van der Waals surface area contributed by atoms with Crippen LogP contribution in [0.1, 0.15) is 34.5 Å². The number of amides is 1. The Bertz CT molecular complexity index is 1120. The Labute approximate surface area is 213 Å². The minimum Gasteiger partial charge on any atom is -0.497 e. The second-order valence-electron chi connectivity index (χ2n) is 9.31. The normalized spacial score (nSPS) is 15.3. The van der Waals surface area contributed by atoms with Crippen LogP contribution in [0.3, 0.4) is 0 Å². The average molecular weight is 493 g/mol. The summed E-state index contributed by atoms with van der Waals surface area (Å²) in [6.45, 7) is 2.69. The molecule has 0 radical (unpaired) electrons. The van der Waals surface area contributed by atoms with Crippen molar-refractivity contribution in [2.24, 2.45) is 5.92 Å². The Kier molecular flexibility index (Phi) is 8.54. The summed E-state index contributed by atoms with van der Waals surface area (Å²) in [7, 11) is 6.95. The van der Waals surface area contributed by atoms with E-state index in [0.29, 0.717) is 11.7 Å². The lowest BCUT2D eigenvalue weighted by atomic mass is 9.84. The topological polar surface area (TPSA) is 64.4 Å². The SMILES string of the molecule is COc1cccc(C[C@@H](C2CCN(Cc3cc(OC)ccc3OC)CC2)N(C)C(=O)c2ccco2)c1. The minimum atomic E-state index is -0.0866. The quantitative estimate of drug-likeness (QED) is 0.401. The van der Waals surface area contributed by atoms with Crippen LogP contribution in [-0.4, -0.2) is 63.2 Å². The molecule has 36 heavy (non-hydrogen) atoms. The highest BCUT2D eigenvalue weighted by atomic mass is 16.5. The molecular formula is C29H36N2O5. The van der Waals surface area contributed by atoms with Gasteiger partial charge in [-0.1, -0.05) is 12.1 Å². The molecule has 3 aromatic rings. The predicted molar refractivity (Wildman–Crippen MR) is 139 cm³/mol. The number of likely N-dealkylation sites (tertiary alicyclic amines) is 1. The first-order valence-electron chi connectivity index (χ1n) is 12.4. The van der Waals surface area contributed by atoms with Crippen LogP contribution in [0.15, 0.2) is 65.3 Å². The average Bonchev–Trinajstić information content (AvgIpc) is 3.47. The van der Waals surface area contributed by atoms with Crippen LogP contribution >= 0.6 is 0 Å². The lowest BCUT2D eigenvalue weighted by molar-refractivity contribution is 0.0555. The van der Waals surface area contributed by atoms with E-state index < -0.39 is 0 Å². The molecule has 0 bridgehead atoms. The molecule has 2 aromatic carbocycles.